The van der Waals surface area contributed by atoms with Crippen molar-refractivity contribution in [1.29, 1.82) is 0 Å². The third-order valence-corrected chi connectivity index (χ3v) is 0. The second kappa shape index (κ2) is 16.0. The van der Waals surface area contributed by atoms with Gasteiger partial charge in [0.15, 0.2) is 0 Å². The van der Waals surface area contributed by atoms with Crippen molar-refractivity contribution < 1.29 is 39.7 Å². The molecule has 0 aliphatic rings. The SMILES string of the molecule is O=[N+]([O-])[O-].O=[N+]([O-])[O-].[Al+3].[Na+]. The first kappa shape index (κ1) is 22.5. The van der Waals surface area contributed by atoms with Crippen LogP contribution in [0.25, 0.3) is 0 Å². The van der Waals surface area contributed by atoms with Crippen LogP contribution in [0.2, 0.25) is 0 Å². The molecule has 0 amide bonds. The van der Waals surface area contributed by atoms with Gasteiger partial charge in [-0.15, -0.1) is 0 Å². The zero-order valence-corrected chi connectivity index (χ0v) is 8.08. The van der Waals surface area contributed by atoms with Crippen molar-refractivity contribution in [2.75, 3.05) is 0 Å². The van der Waals surface area contributed by atoms with E-state index >= 15 is 0 Å². The Balaban J connectivity index is -0.0000000300. The third-order valence-electron chi connectivity index (χ3n) is 0. The summed E-state index contributed by atoms with van der Waals surface area (Å²) in [5, 5.41) is 29.5. The third kappa shape index (κ3) is 83600. The van der Waals surface area contributed by atoms with Gasteiger partial charge in [0.1, 0.15) is 0 Å². The van der Waals surface area contributed by atoms with Gasteiger partial charge in [-0.2, -0.15) is 0 Å². The Morgan fingerprint density at radius 3 is 0.800 bits per heavy atom. The van der Waals surface area contributed by atoms with Gasteiger partial charge in [0.05, 0.1) is 10.2 Å². The Morgan fingerprint density at radius 1 is 0.800 bits per heavy atom. The fourth-order valence-electron chi connectivity index (χ4n) is 0. The molecule has 8 nitrogen and oxygen atoms in total. The van der Waals surface area contributed by atoms with E-state index in [2.05, 4.69) is 0 Å². The Hall–Kier alpha value is -0.0675. The summed E-state index contributed by atoms with van der Waals surface area (Å²) in [6.45, 7) is 0. The van der Waals surface area contributed by atoms with Gasteiger partial charge in [-0.3, -0.25) is 0 Å². The average Bonchev–Trinajstić information content (AvgIpc) is 1.25. The van der Waals surface area contributed by atoms with Gasteiger partial charge in [-0.25, -0.2) is 0 Å². The Kier molecular flexibility index (Phi) is 36.0. The molecule has 0 spiro atoms. The predicted octanol–water partition coefficient (Wildman–Crippen LogP) is -3.86. The van der Waals surface area contributed by atoms with E-state index in [4.69, 9.17) is 30.6 Å². The van der Waals surface area contributed by atoms with E-state index in [9.17, 15) is 0 Å². The van der Waals surface area contributed by atoms with Crippen LogP contribution >= 0.6 is 0 Å². The quantitative estimate of drug-likeness (QED) is 0.209. The summed E-state index contributed by atoms with van der Waals surface area (Å²) in [5.41, 5.74) is 0. The Labute approximate surface area is 87.5 Å². The largest absolute Gasteiger partial charge is 3.00 e. The minimum atomic E-state index is -1.75. The molecule has 0 rings (SSSR count). The molecule has 48 valence electrons. The van der Waals surface area contributed by atoms with E-state index in [1.54, 1.807) is 0 Å². The Bertz CT molecular complexity index is 73.7. The summed E-state index contributed by atoms with van der Waals surface area (Å²) in [5.74, 6) is 0. The minimum Gasteiger partial charge on any atom is -0.356 e. The van der Waals surface area contributed by atoms with Crippen LogP contribution in [0.3, 0.4) is 0 Å². The smallest absolute Gasteiger partial charge is 0.356 e. The molecule has 0 aromatic carbocycles. The monoisotopic (exact) mass is 174 g/mol. The molecule has 0 radical (unpaired) electrons. The van der Waals surface area contributed by atoms with Gasteiger partial charge in [0, 0.05) is 0 Å². The van der Waals surface area contributed by atoms with Crippen LogP contribution in [0.1, 0.15) is 0 Å². The van der Waals surface area contributed by atoms with Crippen LogP contribution in [0.15, 0.2) is 0 Å². The summed E-state index contributed by atoms with van der Waals surface area (Å²) < 4.78 is 0. The van der Waals surface area contributed by atoms with E-state index in [0.717, 1.165) is 0 Å². The summed E-state index contributed by atoms with van der Waals surface area (Å²) >= 11 is 0. The maximum absolute atomic E-state index is 8.25. The van der Waals surface area contributed by atoms with E-state index in [1.807, 2.05) is 0 Å². The zero-order valence-electron chi connectivity index (χ0n) is 4.92. The summed E-state index contributed by atoms with van der Waals surface area (Å²) in [7, 11) is 0. The second-order valence-electron chi connectivity index (χ2n) is 0.447. The molecule has 10 heteroatoms. The van der Waals surface area contributed by atoms with Gasteiger partial charge in [-0.1, -0.05) is 0 Å². The summed E-state index contributed by atoms with van der Waals surface area (Å²) in [6, 6.07) is 0. The predicted molar refractivity (Wildman–Crippen MR) is 26.5 cm³/mol. The molecule has 0 aliphatic heterocycles. The van der Waals surface area contributed by atoms with Crippen molar-refractivity contribution in [3.8, 4) is 0 Å². The molecule has 0 aromatic rings. The fraction of sp³-hybridized carbons (Fsp3) is 0. The molecule has 0 atom stereocenters. The number of rotatable bonds is 0. The maximum atomic E-state index is 8.25. The van der Waals surface area contributed by atoms with Crippen molar-refractivity contribution in [3.05, 3.63) is 30.6 Å². The van der Waals surface area contributed by atoms with Crippen molar-refractivity contribution in [2.24, 2.45) is 0 Å². The van der Waals surface area contributed by atoms with Crippen LogP contribution < -0.4 is 29.6 Å². The molecule has 0 unspecified atom stereocenters. The molecule has 0 saturated heterocycles. The van der Waals surface area contributed by atoms with Crippen molar-refractivity contribution in [1.82, 2.24) is 0 Å². The number of nitrogens with zero attached hydrogens (tertiary/aromatic N) is 2. The zero-order chi connectivity index (χ0) is 7.15. The topological polar surface area (TPSA) is 132 Å². The standard InChI is InChI=1S/Al.2NO3.Na/c;2*2-1(3)4;/q+3;2*-1;+1. The first-order valence-corrected chi connectivity index (χ1v) is 1.10. The molecule has 0 aliphatic carbocycles. The van der Waals surface area contributed by atoms with Crippen LogP contribution in [0.4, 0.5) is 0 Å². The molecule has 0 aromatic heterocycles. The molecule has 0 saturated carbocycles. The molecule has 0 bridgehead atoms. The molecule has 0 heterocycles. The van der Waals surface area contributed by atoms with Gasteiger partial charge in [0.25, 0.3) is 0 Å². The van der Waals surface area contributed by atoms with E-state index in [-0.39, 0.29) is 46.9 Å². The van der Waals surface area contributed by atoms with Gasteiger partial charge in [0.2, 0.25) is 0 Å². The summed E-state index contributed by atoms with van der Waals surface area (Å²) in [4.78, 5) is 16.5. The van der Waals surface area contributed by atoms with Crippen molar-refractivity contribution >= 4 is 17.4 Å². The molecule has 0 fully saturated rings. The van der Waals surface area contributed by atoms with Crippen LogP contribution in [0.5, 0.6) is 0 Å². The van der Waals surface area contributed by atoms with E-state index in [0.29, 0.717) is 0 Å². The summed E-state index contributed by atoms with van der Waals surface area (Å²) in [6.07, 6.45) is 0. The van der Waals surface area contributed by atoms with Crippen LogP contribution in [-0.2, 0) is 0 Å². The first-order valence-electron chi connectivity index (χ1n) is 1.10. The van der Waals surface area contributed by atoms with E-state index in [1.165, 1.54) is 0 Å². The number of hydrogen-bond donors (Lipinski definition) is 0. The maximum Gasteiger partial charge on any atom is 3.00 e. The minimum absolute atomic E-state index is 0. The van der Waals surface area contributed by atoms with Crippen molar-refractivity contribution in [2.45, 2.75) is 0 Å². The van der Waals surface area contributed by atoms with Crippen LogP contribution in [0, 0.1) is 30.6 Å². The molecule has 10 heavy (non-hydrogen) atoms. The van der Waals surface area contributed by atoms with Crippen LogP contribution in [-0.4, -0.2) is 27.5 Å². The van der Waals surface area contributed by atoms with E-state index < -0.39 is 10.2 Å². The van der Waals surface area contributed by atoms with Crippen molar-refractivity contribution in [3.63, 3.8) is 0 Å². The molecular formula is AlN2NaO6+2. The molecular weight excluding hydrogens is 174 g/mol. The Morgan fingerprint density at radius 2 is 0.800 bits per heavy atom. The first-order chi connectivity index (χ1) is 3.46. The average molecular weight is 174 g/mol. The number of hydrogen-bond acceptors (Lipinski definition) is 6. The van der Waals surface area contributed by atoms with Gasteiger partial charge in [-0.05, 0) is 0 Å². The normalized spacial score (nSPS) is 4.80. The molecule has 0 N–H and O–H groups in total. The second-order valence-corrected chi connectivity index (χ2v) is 0.447. The van der Waals surface area contributed by atoms with Gasteiger partial charge < -0.3 is 30.6 Å². The van der Waals surface area contributed by atoms with Gasteiger partial charge >= 0.3 is 46.9 Å². The fourth-order valence-corrected chi connectivity index (χ4v) is 0.